The van der Waals surface area contributed by atoms with Crippen LogP contribution in [0.15, 0.2) is 47.0 Å². The highest BCUT2D eigenvalue weighted by molar-refractivity contribution is 5.94. The number of ether oxygens (including phenoxy) is 2. The van der Waals surface area contributed by atoms with Gasteiger partial charge in [-0.3, -0.25) is 4.79 Å². The van der Waals surface area contributed by atoms with E-state index < -0.39 is 35.0 Å². The van der Waals surface area contributed by atoms with Crippen LogP contribution in [0.25, 0.3) is 11.3 Å². The Labute approximate surface area is 183 Å². The molecule has 1 aromatic heterocycles. The number of nitrogens with one attached hydrogen (secondary N) is 1. The second kappa shape index (κ2) is 9.04. The highest BCUT2D eigenvalue weighted by atomic mass is 19.4. The minimum atomic E-state index is -5.06. The molecule has 2 aromatic carbocycles. The molecule has 6 nitrogen and oxygen atoms in total. The maximum absolute atomic E-state index is 13.0. The maximum atomic E-state index is 13.0. The highest BCUT2D eigenvalue weighted by Crippen LogP contribution is 2.36. The molecule has 33 heavy (non-hydrogen) atoms. The lowest BCUT2D eigenvalue weighted by Crippen LogP contribution is -2.24. The lowest BCUT2D eigenvalue weighted by Gasteiger charge is -2.14. The summed E-state index contributed by atoms with van der Waals surface area (Å²) in [5.41, 5.74) is -3.21. The first-order chi connectivity index (χ1) is 15.4. The fourth-order valence-corrected chi connectivity index (χ4v) is 2.88. The molecule has 3 rings (SSSR count). The van der Waals surface area contributed by atoms with E-state index >= 15 is 0 Å². The van der Waals surface area contributed by atoms with Gasteiger partial charge in [-0.2, -0.15) is 26.3 Å². The number of hydrogen-bond donors (Lipinski definition) is 1. The summed E-state index contributed by atoms with van der Waals surface area (Å²) >= 11 is 0. The van der Waals surface area contributed by atoms with Crippen molar-refractivity contribution in [1.82, 2.24) is 10.5 Å². The Bertz CT molecular complexity index is 1120. The average molecular weight is 474 g/mol. The van der Waals surface area contributed by atoms with Crippen molar-refractivity contribution < 1.29 is 45.1 Å². The first-order valence-corrected chi connectivity index (χ1v) is 9.18. The van der Waals surface area contributed by atoms with Crippen molar-refractivity contribution in [3.8, 4) is 22.8 Å². The predicted molar refractivity (Wildman–Crippen MR) is 103 cm³/mol. The predicted octanol–water partition coefficient (Wildman–Crippen LogP) is 5.33. The minimum absolute atomic E-state index is 0.0518. The summed E-state index contributed by atoms with van der Waals surface area (Å²) in [4.78, 5) is 12.3. The Morgan fingerprint density at radius 3 is 2.06 bits per heavy atom. The molecule has 1 N–H and O–H groups in total. The molecule has 0 aliphatic carbocycles. The molecule has 0 atom stereocenters. The van der Waals surface area contributed by atoms with Crippen molar-refractivity contribution in [2.45, 2.75) is 18.9 Å². The van der Waals surface area contributed by atoms with Crippen molar-refractivity contribution in [3.63, 3.8) is 0 Å². The number of rotatable bonds is 6. The van der Waals surface area contributed by atoms with Crippen LogP contribution in [0.5, 0.6) is 11.5 Å². The molecule has 0 aliphatic heterocycles. The molecule has 0 fully saturated rings. The molecule has 1 heterocycles. The van der Waals surface area contributed by atoms with E-state index in [1.54, 1.807) is 18.2 Å². The maximum Gasteiger partial charge on any atom is 0.416 e. The lowest BCUT2D eigenvalue weighted by atomic mass is 10.0. The van der Waals surface area contributed by atoms with Crippen LogP contribution in [0.3, 0.4) is 0 Å². The van der Waals surface area contributed by atoms with E-state index in [1.807, 2.05) is 0 Å². The van der Waals surface area contributed by atoms with E-state index in [4.69, 9.17) is 14.0 Å². The minimum Gasteiger partial charge on any atom is -0.493 e. The quantitative estimate of drug-likeness (QED) is 0.489. The smallest absolute Gasteiger partial charge is 0.416 e. The molecule has 0 saturated carbocycles. The number of hydrogen-bond acceptors (Lipinski definition) is 5. The van der Waals surface area contributed by atoms with Crippen LogP contribution in [0.4, 0.5) is 26.3 Å². The zero-order valence-corrected chi connectivity index (χ0v) is 17.1. The number of aromatic nitrogens is 1. The Morgan fingerprint density at radius 2 is 1.52 bits per heavy atom. The molecule has 0 aliphatic rings. The van der Waals surface area contributed by atoms with E-state index in [0.717, 1.165) is 0 Å². The molecule has 176 valence electrons. The van der Waals surface area contributed by atoms with Gasteiger partial charge in [0.2, 0.25) is 0 Å². The molecule has 0 bridgehead atoms. The van der Waals surface area contributed by atoms with Gasteiger partial charge >= 0.3 is 12.4 Å². The van der Waals surface area contributed by atoms with E-state index in [2.05, 4.69) is 10.5 Å². The van der Waals surface area contributed by atoms with E-state index in [-0.39, 0.29) is 18.3 Å². The number of methoxy groups -OCH3 is 2. The Kier molecular flexibility index (Phi) is 6.56. The second-order valence-corrected chi connectivity index (χ2v) is 6.73. The van der Waals surface area contributed by atoms with Crippen LogP contribution in [0, 0.1) is 0 Å². The molecule has 1 amide bonds. The summed E-state index contributed by atoms with van der Waals surface area (Å²) in [7, 11) is 2.91. The van der Waals surface area contributed by atoms with Crippen molar-refractivity contribution in [2.24, 2.45) is 0 Å². The molecule has 0 spiro atoms. The molecule has 12 heteroatoms. The van der Waals surface area contributed by atoms with Gasteiger partial charge in [0.25, 0.3) is 5.91 Å². The van der Waals surface area contributed by atoms with Crippen LogP contribution in [-0.2, 0) is 18.9 Å². The Morgan fingerprint density at radius 1 is 0.909 bits per heavy atom. The molecule has 0 saturated heterocycles. The lowest BCUT2D eigenvalue weighted by molar-refractivity contribution is -0.143. The van der Waals surface area contributed by atoms with Gasteiger partial charge in [-0.1, -0.05) is 5.16 Å². The number of benzene rings is 2. The fraction of sp³-hybridized carbons (Fsp3) is 0.238. The largest absolute Gasteiger partial charge is 0.493 e. The van der Waals surface area contributed by atoms with E-state index in [1.165, 1.54) is 20.3 Å². The fourth-order valence-electron chi connectivity index (χ4n) is 2.88. The monoisotopic (exact) mass is 474 g/mol. The first kappa shape index (κ1) is 24.0. The van der Waals surface area contributed by atoms with E-state index in [0.29, 0.717) is 35.0 Å². The summed E-state index contributed by atoms with van der Waals surface area (Å²) in [5.74, 6) is 0.0553. The third-order valence-corrected chi connectivity index (χ3v) is 4.51. The highest BCUT2D eigenvalue weighted by Gasteiger charge is 2.37. The van der Waals surface area contributed by atoms with Crippen LogP contribution in [-0.4, -0.2) is 25.3 Å². The summed E-state index contributed by atoms with van der Waals surface area (Å²) < 4.78 is 93.4. The van der Waals surface area contributed by atoms with Crippen molar-refractivity contribution in [3.05, 3.63) is 64.8 Å². The summed E-state index contributed by atoms with van der Waals surface area (Å²) in [6.45, 7) is -0.298. The number of carbonyl (C=O) groups excluding carboxylic acids is 1. The van der Waals surface area contributed by atoms with Crippen LogP contribution in [0.1, 0.15) is 27.2 Å². The molecule has 0 unspecified atom stereocenters. The normalized spacial score (nSPS) is 11.9. The average Bonchev–Trinajstić information content (AvgIpc) is 3.24. The zero-order valence-electron chi connectivity index (χ0n) is 17.1. The van der Waals surface area contributed by atoms with Gasteiger partial charge in [-0.15, -0.1) is 0 Å². The van der Waals surface area contributed by atoms with E-state index in [9.17, 15) is 31.1 Å². The number of nitrogens with zero attached hydrogens (tertiary/aromatic N) is 1. The molecular weight excluding hydrogens is 458 g/mol. The molecule has 0 radical (unpaired) electrons. The third-order valence-electron chi connectivity index (χ3n) is 4.51. The number of amides is 1. The standard InChI is InChI=1S/C21H16F6N2O4/c1-31-16-4-3-11(7-18(16)32-2)17-9-15(29-33-17)10-28-19(30)12-5-13(20(22,23)24)8-14(6-12)21(25,26)27/h3-9H,10H2,1-2H3,(H,28,30). The van der Waals surface area contributed by atoms with Gasteiger partial charge in [-0.25, -0.2) is 0 Å². The van der Waals surface area contributed by atoms with Crippen molar-refractivity contribution in [1.29, 1.82) is 0 Å². The van der Waals surface area contributed by atoms with Crippen molar-refractivity contribution in [2.75, 3.05) is 14.2 Å². The number of carbonyl (C=O) groups is 1. The summed E-state index contributed by atoms with van der Waals surface area (Å²) in [6, 6.07) is 7.00. The number of alkyl halides is 6. The van der Waals surface area contributed by atoms with Crippen LogP contribution >= 0.6 is 0 Å². The third kappa shape index (κ3) is 5.57. The molecular formula is C21H16F6N2O4. The summed E-state index contributed by atoms with van der Waals surface area (Å²) in [6.07, 6.45) is -10.1. The van der Waals surface area contributed by atoms with Crippen LogP contribution in [0.2, 0.25) is 0 Å². The second-order valence-electron chi connectivity index (χ2n) is 6.73. The zero-order chi connectivity index (χ0) is 24.4. The number of halogens is 6. The molecule has 3 aromatic rings. The van der Waals surface area contributed by atoms with Gasteiger partial charge in [0.1, 0.15) is 5.69 Å². The van der Waals surface area contributed by atoms with Gasteiger partial charge < -0.3 is 19.3 Å². The Hall–Kier alpha value is -3.70. The summed E-state index contributed by atoms with van der Waals surface area (Å²) in [5, 5.41) is 5.99. The van der Waals surface area contributed by atoms with Crippen molar-refractivity contribution >= 4 is 5.91 Å². The van der Waals surface area contributed by atoms with Gasteiger partial charge in [0.15, 0.2) is 17.3 Å². The van der Waals surface area contributed by atoms with Gasteiger partial charge in [0, 0.05) is 17.2 Å². The first-order valence-electron chi connectivity index (χ1n) is 9.18. The SMILES string of the molecule is COc1ccc(-c2cc(CNC(=O)c3cc(C(F)(F)F)cc(C(F)(F)F)c3)no2)cc1OC. The Balaban J connectivity index is 1.78. The van der Waals surface area contributed by atoms with Crippen LogP contribution < -0.4 is 14.8 Å². The van der Waals surface area contributed by atoms with Gasteiger partial charge in [-0.05, 0) is 36.4 Å². The topological polar surface area (TPSA) is 73.6 Å². The van der Waals surface area contributed by atoms with Gasteiger partial charge in [0.05, 0.1) is 31.9 Å².